The lowest BCUT2D eigenvalue weighted by Crippen LogP contribution is -2.11. The number of carbonyl (C=O) groups excluding carboxylic acids is 1. The number of hydrogen-bond acceptors (Lipinski definition) is 1. The molecule has 1 aromatic carbocycles. The largest absolute Gasteiger partial charge is 0.361 e. The minimum Gasteiger partial charge on any atom is -0.361 e. The molecule has 0 fully saturated rings. The van der Waals surface area contributed by atoms with Crippen molar-refractivity contribution >= 4 is 16.7 Å². The molecule has 1 heterocycles. The zero-order valence-electron chi connectivity index (χ0n) is 9.79. The Morgan fingerprint density at radius 1 is 1.38 bits per heavy atom. The van der Waals surface area contributed by atoms with Crippen LogP contribution in [0.1, 0.15) is 25.8 Å². The Hall–Kier alpha value is -1.57. The van der Waals surface area contributed by atoms with Crippen LogP contribution in [0.4, 0.5) is 0 Å². The minimum atomic E-state index is 0.115. The summed E-state index contributed by atoms with van der Waals surface area (Å²) in [5.41, 5.74) is 2.39. The molecule has 2 nitrogen and oxygen atoms in total. The highest BCUT2D eigenvalue weighted by Gasteiger charge is 2.13. The van der Waals surface area contributed by atoms with Gasteiger partial charge in [-0.2, -0.15) is 0 Å². The van der Waals surface area contributed by atoms with Crippen molar-refractivity contribution in [3.05, 3.63) is 36.0 Å². The van der Waals surface area contributed by atoms with E-state index in [0.717, 1.165) is 11.9 Å². The van der Waals surface area contributed by atoms with Gasteiger partial charge in [-0.15, -0.1) is 0 Å². The number of ketones is 1. The molecule has 0 aliphatic carbocycles. The fourth-order valence-electron chi connectivity index (χ4n) is 2.09. The predicted molar refractivity (Wildman–Crippen MR) is 66.5 cm³/mol. The average molecular weight is 215 g/mol. The van der Waals surface area contributed by atoms with Crippen LogP contribution >= 0.6 is 0 Å². The molecule has 1 unspecified atom stereocenters. The Morgan fingerprint density at radius 2 is 2.12 bits per heavy atom. The number of fused-ring (bicyclic) bond motifs is 1. The first-order valence-electron chi connectivity index (χ1n) is 5.80. The van der Waals surface area contributed by atoms with E-state index in [0.29, 0.717) is 12.2 Å². The Balaban J connectivity index is 2.24. The van der Waals surface area contributed by atoms with E-state index in [1.165, 1.54) is 10.9 Å². The van der Waals surface area contributed by atoms with Gasteiger partial charge in [0.05, 0.1) is 0 Å². The second kappa shape index (κ2) is 4.52. The molecule has 0 aliphatic rings. The van der Waals surface area contributed by atoms with E-state index in [4.69, 9.17) is 0 Å². The van der Waals surface area contributed by atoms with Crippen molar-refractivity contribution in [3.63, 3.8) is 0 Å². The Kier molecular flexibility index (Phi) is 3.09. The van der Waals surface area contributed by atoms with Crippen LogP contribution in [0.3, 0.4) is 0 Å². The number of Topliss-reactive ketones (excluding diaryl/α,β-unsaturated/α-hetero) is 1. The lowest BCUT2D eigenvalue weighted by Gasteiger charge is -2.07. The van der Waals surface area contributed by atoms with Gasteiger partial charge in [0.25, 0.3) is 0 Å². The van der Waals surface area contributed by atoms with Crippen molar-refractivity contribution in [3.8, 4) is 0 Å². The number of para-hydroxylation sites is 1. The molecular formula is C14H17NO. The summed E-state index contributed by atoms with van der Waals surface area (Å²) in [6.45, 7) is 3.93. The maximum Gasteiger partial charge on any atom is 0.135 e. The standard InChI is InChI=1S/C14H17NO/c1-3-14(16)10(2)8-11-9-15-13-7-5-4-6-12(11)13/h4-7,9-10,15H,3,8H2,1-2H3. The normalized spacial score (nSPS) is 12.9. The fourth-order valence-corrected chi connectivity index (χ4v) is 2.09. The molecule has 0 amide bonds. The van der Waals surface area contributed by atoms with Crippen molar-refractivity contribution < 1.29 is 4.79 Å². The van der Waals surface area contributed by atoms with E-state index >= 15 is 0 Å². The highest BCUT2D eigenvalue weighted by atomic mass is 16.1. The summed E-state index contributed by atoms with van der Waals surface area (Å²) in [5, 5.41) is 1.23. The van der Waals surface area contributed by atoms with Crippen molar-refractivity contribution in [1.82, 2.24) is 4.98 Å². The molecule has 1 N–H and O–H groups in total. The fraction of sp³-hybridized carbons (Fsp3) is 0.357. The van der Waals surface area contributed by atoms with Gasteiger partial charge in [0.15, 0.2) is 0 Å². The van der Waals surface area contributed by atoms with Crippen LogP contribution < -0.4 is 0 Å². The van der Waals surface area contributed by atoms with Crippen molar-refractivity contribution in [2.75, 3.05) is 0 Å². The van der Waals surface area contributed by atoms with Crippen molar-refractivity contribution in [2.24, 2.45) is 5.92 Å². The second-order valence-electron chi connectivity index (χ2n) is 4.28. The summed E-state index contributed by atoms with van der Waals surface area (Å²) < 4.78 is 0. The zero-order chi connectivity index (χ0) is 11.5. The van der Waals surface area contributed by atoms with Gasteiger partial charge in [0.2, 0.25) is 0 Å². The summed E-state index contributed by atoms with van der Waals surface area (Å²) in [6, 6.07) is 8.21. The van der Waals surface area contributed by atoms with Crippen LogP contribution in [0.15, 0.2) is 30.5 Å². The number of carbonyl (C=O) groups is 1. The summed E-state index contributed by atoms with van der Waals surface area (Å²) in [5.74, 6) is 0.453. The van der Waals surface area contributed by atoms with Crippen molar-refractivity contribution in [2.45, 2.75) is 26.7 Å². The monoisotopic (exact) mass is 215 g/mol. The van der Waals surface area contributed by atoms with Crippen LogP contribution in [0.25, 0.3) is 10.9 Å². The number of benzene rings is 1. The van der Waals surface area contributed by atoms with Gasteiger partial charge in [-0.1, -0.05) is 32.0 Å². The van der Waals surface area contributed by atoms with Crippen LogP contribution in [-0.2, 0) is 11.2 Å². The van der Waals surface area contributed by atoms with E-state index < -0.39 is 0 Å². The summed E-state index contributed by atoms with van der Waals surface area (Å²) in [4.78, 5) is 14.8. The Labute approximate surface area is 95.7 Å². The summed E-state index contributed by atoms with van der Waals surface area (Å²) in [7, 11) is 0. The molecule has 0 saturated carbocycles. The van der Waals surface area contributed by atoms with Crippen LogP contribution in [0.5, 0.6) is 0 Å². The third kappa shape index (κ3) is 2.01. The smallest absolute Gasteiger partial charge is 0.135 e. The minimum absolute atomic E-state index is 0.115. The third-order valence-corrected chi connectivity index (χ3v) is 3.10. The molecule has 2 rings (SSSR count). The first-order valence-corrected chi connectivity index (χ1v) is 5.80. The molecule has 2 heteroatoms. The molecule has 16 heavy (non-hydrogen) atoms. The van der Waals surface area contributed by atoms with E-state index in [-0.39, 0.29) is 5.92 Å². The quantitative estimate of drug-likeness (QED) is 0.833. The van der Waals surface area contributed by atoms with Gasteiger partial charge in [-0.25, -0.2) is 0 Å². The highest BCUT2D eigenvalue weighted by molar-refractivity contribution is 5.85. The molecular weight excluding hydrogens is 198 g/mol. The lowest BCUT2D eigenvalue weighted by atomic mass is 9.95. The molecule has 0 bridgehead atoms. The SMILES string of the molecule is CCC(=O)C(C)Cc1c[nH]c2ccccc12. The molecule has 0 aliphatic heterocycles. The van der Waals surface area contributed by atoms with Gasteiger partial charge >= 0.3 is 0 Å². The number of rotatable bonds is 4. The van der Waals surface area contributed by atoms with Crippen LogP contribution in [0.2, 0.25) is 0 Å². The van der Waals surface area contributed by atoms with E-state index in [9.17, 15) is 4.79 Å². The molecule has 2 aromatic rings. The van der Waals surface area contributed by atoms with Gasteiger partial charge in [0, 0.05) is 29.4 Å². The topological polar surface area (TPSA) is 32.9 Å². The highest BCUT2D eigenvalue weighted by Crippen LogP contribution is 2.21. The van der Waals surface area contributed by atoms with Gasteiger partial charge < -0.3 is 4.98 Å². The number of H-pyrrole nitrogens is 1. The van der Waals surface area contributed by atoms with E-state index in [1.807, 2.05) is 32.2 Å². The molecule has 84 valence electrons. The van der Waals surface area contributed by atoms with Crippen LogP contribution in [0, 0.1) is 5.92 Å². The van der Waals surface area contributed by atoms with Gasteiger partial charge in [0.1, 0.15) is 5.78 Å². The van der Waals surface area contributed by atoms with Gasteiger partial charge in [-0.3, -0.25) is 4.79 Å². The third-order valence-electron chi connectivity index (χ3n) is 3.10. The molecule has 0 saturated heterocycles. The number of aromatic nitrogens is 1. The predicted octanol–water partition coefficient (Wildman–Crippen LogP) is 3.33. The Morgan fingerprint density at radius 3 is 2.88 bits per heavy atom. The van der Waals surface area contributed by atoms with E-state index in [1.54, 1.807) is 0 Å². The van der Waals surface area contributed by atoms with Crippen molar-refractivity contribution in [1.29, 1.82) is 0 Å². The van der Waals surface area contributed by atoms with Crippen LogP contribution in [-0.4, -0.2) is 10.8 Å². The van der Waals surface area contributed by atoms with E-state index in [2.05, 4.69) is 17.1 Å². The second-order valence-corrected chi connectivity index (χ2v) is 4.28. The first-order chi connectivity index (χ1) is 7.72. The average Bonchev–Trinajstić information content (AvgIpc) is 2.72. The molecule has 1 atom stereocenters. The van der Waals surface area contributed by atoms with Gasteiger partial charge in [-0.05, 0) is 18.1 Å². The lowest BCUT2D eigenvalue weighted by molar-refractivity contribution is -0.122. The maximum absolute atomic E-state index is 11.6. The number of hydrogen-bond donors (Lipinski definition) is 1. The number of aromatic amines is 1. The molecule has 0 radical (unpaired) electrons. The Bertz CT molecular complexity index is 498. The first kappa shape index (κ1) is 10.9. The summed E-state index contributed by atoms with van der Waals surface area (Å²) in [6.07, 6.45) is 3.48. The maximum atomic E-state index is 11.6. The number of nitrogens with one attached hydrogen (secondary N) is 1. The molecule has 1 aromatic heterocycles. The summed E-state index contributed by atoms with van der Waals surface area (Å²) >= 11 is 0. The molecule has 0 spiro atoms. The zero-order valence-corrected chi connectivity index (χ0v) is 9.79.